The molecule has 34 heavy (non-hydrogen) atoms. The van der Waals surface area contributed by atoms with E-state index in [0.29, 0.717) is 39.8 Å². The van der Waals surface area contributed by atoms with Crippen molar-refractivity contribution in [3.63, 3.8) is 0 Å². The molecular formula is C25H29ClN4O4. The van der Waals surface area contributed by atoms with Crippen LogP contribution in [0.3, 0.4) is 0 Å². The molecule has 0 bridgehead atoms. The maximum Gasteiger partial charge on any atom is 0.338 e. The second kappa shape index (κ2) is 11.1. The van der Waals surface area contributed by atoms with Crippen molar-refractivity contribution in [3.8, 4) is 0 Å². The molecule has 0 aromatic heterocycles. The quantitative estimate of drug-likeness (QED) is 0.445. The highest BCUT2D eigenvalue weighted by atomic mass is 35.5. The largest absolute Gasteiger partial charge is 0.463 e. The van der Waals surface area contributed by atoms with Crippen molar-refractivity contribution in [2.75, 3.05) is 23.8 Å². The van der Waals surface area contributed by atoms with Gasteiger partial charge < -0.3 is 20.7 Å². The molecule has 0 spiro atoms. The van der Waals surface area contributed by atoms with Crippen molar-refractivity contribution < 1.29 is 19.1 Å². The van der Waals surface area contributed by atoms with Crippen LogP contribution in [0.5, 0.6) is 0 Å². The number of anilines is 2. The molecule has 2 aromatic rings. The van der Waals surface area contributed by atoms with Gasteiger partial charge in [-0.25, -0.2) is 14.4 Å². The minimum atomic E-state index is -0.655. The lowest BCUT2D eigenvalue weighted by Gasteiger charge is -2.35. The zero-order chi connectivity index (χ0) is 24.8. The Labute approximate surface area is 204 Å². The van der Waals surface area contributed by atoms with Crippen LogP contribution in [0.2, 0.25) is 5.02 Å². The first-order chi connectivity index (χ1) is 16.2. The van der Waals surface area contributed by atoms with E-state index in [4.69, 9.17) is 16.3 Å². The Balaban J connectivity index is 1.78. The zero-order valence-electron chi connectivity index (χ0n) is 19.7. The molecule has 1 unspecified atom stereocenters. The lowest BCUT2D eigenvalue weighted by Crippen LogP contribution is -2.48. The molecule has 1 heterocycles. The van der Waals surface area contributed by atoms with Crippen LogP contribution in [-0.2, 0) is 9.53 Å². The van der Waals surface area contributed by atoms with Gasteiger partial charge in [0.1, 0.15) is 0 Å². The van der Waals surface area contributed by atoms with Crippen LogP contribution in [0.1, 0.15) is 44.4 Å². The average molecular weight is 485 g/mol. The number of urea groups is 2. The van der Waals surface area contributed by atoms with Crippen molar-refractivity contribution in [2.45, 2.75) is 40.2 Å². The van der Waals surface area contributed by atoms with Gasteiger partial charge in [0.2, 0.25) is 0 Å². The number of rotatable bonds is 7. The summed E-state index contributed by atoms with van der Waals surface area (Å²) in [5.41, 5.74) is 3.71. The Bertz CT molecular complexity index is 1110. The fourth-order valence-electron chi connectivity index (χ4n) is 3.72. The fraction of sp³-hybridized carbons (Fsp3) is 0.320. The van der Waals surface area contributed by atoms with E-state index in [1.54, 1.807) is 55.1 Å². The summed E-state index contributed by atoms with van der Waals surface area (Å²) in [6, 6.07) is 10.9. The molecule has 1 aliphatic heterocycles. The highest BCUT2D eigenvalue weighted by Crippen LogP contribution is 2.32. The molecule has 4 amide bonds. The Morgan fingerprint density at radius 1 is 1.06 bits per heavy atom. The van der Waals surface area contributed by atoms with Crippen LogP contribution in [0.4, 0.5) is 21.0 Å². The first kappa shape index (κ1) is 25.1. The van der Waals surface area contributed by atoms with Gasteiger partial charge in [0, 0.05) is 28.6 Å². The van der Waals surface area contributed by atoms with Crippen molar-refractivity contribution in [2.24, 2.45) is 0 Å². The molecule has 9 heteroatoms. The lowest BCUT2D eigenvalue weighted by molar-refractivity contribution is -0.139. The van der Waals surface area contributed by atoms with E-state index in [2.05, 4.69) is 16.0 Å². The first-order valence-corrected chi connectivity index (χ1v) is 11.5. The standard InChI is InChI=1S/C25H29ClN4O4/c1-5-13-30-16(4)21(23(31)34-6-2)22(29-25(30)33)17-8-11-18(12-9-17)27-24(32)28-19-10-7-15(3)20(26)14-19/h7-12,14,22H,5-6,13H2,1-4H3,(H,29,33)(H2,27,28,32). The maximum atomic E-state index is 12.7. The number of allylic oxidation sites excluding steroid dienone is 1. The number of nitrogens with zero attached hydrogens (tertiary/aromatic N) is 1. The molecule has 0 saturated carbocycles. The Hall–Kier alpha value is -3.52. The number of esters is 1. The molecule has 3 rings (SSSR count). The smallest absolute Gasteiger partial charge is 0.338 e. The summed E-state index contributed by atoms with van der Waals surface area (Å²) in [6.07, 6.45) is 0.753. The number of carbonyl (C=O) groups excluding carboxylic acids is 3. The zero-order valence-corrected chi connectivity index (χ0v) is 20.5. The van der Waals surface area contributed by atoms with E-state index in [0.717, 1.165) is 12.0 Å². The van der Waals surface area contributed by atoms with Crippen LogP contribution in [0.15, 0.2) is 53.7 Å². The van der Waals surface area contributed by atoms with Gasteiger partial charge >= 0.3 is 18.0 Å². The minimum absolute atomic E-state index is 0.230. The number of halogens is 1. The SMILES string of the molecule is CCCN1C(=O)NC(c2ccc(NC(=O)Nc3ccc(C)c(Cl)c3)cc2)C(C(=O)OCC)=C1C. The molecule has 0 fully saturated rings. The highest BCUT2D eigenvalue weighted by molar-refractivity contribution is 6.31. The van der Waals surface area contributed by atoms with Crippen molar-refractivity contribution in [1.29, 1.82) is 0 Å². The molecule has 2 aromatic carbocycles. The Morgan fingerprint density at radius 2 is 1.71 bits per heavy atom. The molecule has 0 saturated heterocycles. The molecule has 1 atom stereocenters. The van der Waals surface area contributed by atoms with Crippen molar-refractivity contribution in [3.05, 3.63) is 69.9 Å². The summed E-state index contributed by atoms with van der Waals surface area (Å²) in [5, 5.41) is 8.96. The van der Waals surface area contributed by atoms with E-state index in [1.807, 2.05) is 19.9 Å². The predicted molar refractivity (Wildman–Crippen MR) is 133 cm³/mol. The van der Waals surface area contributed by atoms with Crippen LogP contribution < -0.4 is 16.0 Å². The molecule has 1 aliphatic rings. The van der Waals surface area contributed by atoms with E-state index in [1.165, 1.54) is 0 Å². The molecule has 8 nitrogen and oxygen atoms in total. The van der Waals surface area contributed by atoms with Gasteiger partial charge in [-0.3, -0.25) is 4.90 Å². The average Bonchev–Trinajstić information content (AvgIpc) is 2.79. The summed E-state index contributed by atoms with van der Waals surface area (Å²) in [4.78, 5) is 39.4. The van der Waals surface area contributed by atoms with E-state index >= 15 is 0 Å². The van der Waals surface area contributed by atoms with Gasteiger partial charge in [-0.1, -0.05) is 36.7 Å². The summed E-state index contributed by atoms with van der Waals surface area (Å²) < 4.78 is 5.26. The van der Waals surface area contributed by atoms with Gasteiger partial charge in [0.25, 0.3) is 0 Å². The Kier molecular flexibility index (Phi) is 8.17. The molecule has 0 aliphatic carbocycles. The number of amides is 4. The number of benzene rings is 2. The monoisotopic (exact) mass is 484 g/mol. The van der Waals surface area contributed by atoms with Gasteiger partial charge in [-0.2, -0.15) is 0 Å². The summed E-state index contributed by atoms with van der Waals surface area (Å²) in [5.74, 6) is -0.468. The van der Waals surface area contributed by atoms with Crippen molar-refractivity contribution in [1.82, 2.24) is 10.2 Å². The maximum absolute atomic E-state index is 12.7. The fourth-order valence-corrected chi connectivity index (χ4v) is 3.90. The Morgan fingerprint density at radius 3 is 2.32 bits per heavy atom. The van der Waals surface area contributed by atoms with E-state index in [9.17, 15) is 14.4 Å². The summed E-state index contributed by atoms with van der Waals surface area (Å²) in [7, 11) is 0. The molecule has 180 valence electrons. The second-order valence-electron chi connectivity index (χ2n) is 7.92. The second-order valence-corrected chi connectivity index (χ2v) is 8.33. The van der Waals surface area contributed by atoms with Crippen LogP contribution in [-0.4, -0.2) is 36.1 Å². The molecule has 0 radical (unpaired) electrons. The van der Waals surface area contributed by atoms with Gasteiger partial charge in [-0.15, -0.1) is 0 Å². The van der Waals surface area contributed by atoms with Crippen LogP contribution in [0.25, 0.3) is 0 Å². The number of hydrogen-bond acceptors (Lipinski definition) is 4. The summed E-state index contributed by atoms with van der Waals surface area (Å²) in [6.45, 7) is 8.07. The number of carbonyl (C=O) groups is 3. The minimum Gasteiger partial charge on any atom is -0.463 e. The van der Waals surface area contributed by atoms with Gasteiger partial charge in [0.15, 0.2) is 0 Å². The topological polar surface area (TPSA) is 99.8 Å². The third-order valence-electron chi connectivity index (χ3n) is 5.47. The third-order valence-corrected chi connectivity index (χ3v) is 5.88. The number of aryl methyl sites for hydroxylation is 1. The first-order valence-electron chi connectivity index (χ1n) is 11.1. The van der Waals surface area contributed by atoms with E-state index in [-0.39, 0.29) is 12.6 Å². The highest BCUT2D eigenvalue weighted by Gasteiger charge is 2.36. The van der Waals surface area contributed by atoms with Crippen LogP contribution in [0, 0.1) is 6.92 Å². The van der Waals surface area contributed by atoms with Gasteiger partial charge in [-0.05, 0) is 62.6 Å². The van der Waals surface area contributed by atoms with Crippen molar-refractivity contribution >= 4 is 41.0 Å². The number of hydrogen-bond donors (Lipinski definition) is 3. The summed E-state index contributed by atoms with van der Waals surface area (Å²) >= 11 is 6.11. The van der Waals surface area contributed by atoms with E-state index < -0.39 is 18.0 Å². The lowest BCUT2D eigenvalue weighted by atomic mass is 9.94. The number of ether oxygens (including phenoxy) is 1. The normalized spacial score (nSPS) is 15.6. The van der Waals surface area contributed by atoms with Gasteiger partial charge in [0.05, 0.1) is 18.2 Å². The third kappa shape index (κ3) is 5.69. The molecule has 3 N–H and O–H groups in total. The molecular weight excluding hydrogens is 456 g/mol. The predicted octanol–water partition coefficient (Wildman–Crippen LogP) is 5.61. The number of nitrogens with one attached hydrogen (secondary N) is 3. The van der Waals surface area contributed by atoms with Crippen LogP contribution >= 0.6 is 11.6 Å².